The number of carbonyl (C=O) groups excluding carboxylic acids is 1. The lowest BCUT2D eigenvalue weighted by Crippen LogP contribution is -2.42. The summed E-state index contributed by atoms with van der Waals surface area (Å²) in [5.74, 6) is 0.0405. The van der Waals surface area contributed by atoms with Gasteiger partial charge in [-0.1, -0.05) is 0 Å². The largest absolute Gasteiger partial charge is 0.481 e. The van der Waals surface area contributed by atoms with Crippen LogP contribution >= 0.6 is 0 Å². The summed E-state index contributed by atoms with van der Waals surface area (Å²) in [5, 5.41) is 8.67. The van der Waals surface area contributed by atoms with E-state index < -0.39 is 5.97 Å². The first kappa shape index (κ1) is 14.3. The van der Waals surface area contributed by atoms with E-state index in [0.717, 1.165) is 45.2 Å². The molecule has 5 heteroatoms. The summed E-state index contributed by atoms with van der Waals surface area (Å²) in [6.07, 6.45) is 5.40. The predicted molar refractivity (Wildman–Crippen MR) is 71.8 cm³/mol. The first-order valence-electron chi connectivity index (χ1n) is 7.26. The minimum Gasteiger partial charge on any atom is -0.481 e. The second-order valence-electron chi connectivity index (χ2n) is 5.89. The molecular formula is C14H24N2O3. The minimum atomic E-state index is -0.705. The zero-order chi connectivity index (χ0) is 13.8. The maximum atomic E-state index is 12.0. The highest BCUT2D eigenvalue weighted by Crippen LogP contribution is 2.26. The molecule has 0 aromatic heterocycles. The fraction of sp³-hybridized carbons (Fsp3) is 0.857. The van der Waals surface area contributed by atoms with Gasteiger partial charge in [-0.2, -0.15) is 0 Å². The van der Waals surface area contributed by atoms with Crippen molar-refractivity contribution in [1.82, 2.24) is 9.80 Å². The summed E-state index contributed by atoms with van der Waals surface area (Å²) in [6.45, 7) is 2.38. The maximum absolute atomic E-state index is 12.0. The van der Waals surface area contributed by atoms with Crippen molar-refractivity contribution in [3.8, 4) is 0 Å². The van der Waals surface area contributed by atoms with E-state index in [1.54, 1.807) is 0 Å². The van der Waals surface area contributed by atoms with Crippen LogP contribution < -0.4 is 0 Å². The van der Waals surface area contributed by atoms with Crippen LogP contribution in [-0.2, 0) is 9.59 Å². The van der Waals surface area contributed by atoms with E-state index in [1.165, 1.54) is 0 Å². The highest BCUT2D eigenvalue weighted by atomic mass is 16.4. The Labute approximate surface area is 114 Å². The maximum Gasteiger partial charge on any atom is 0.303 e. The Kier molecular flexibility index (Phi) is 4.80. The van der Waals surface area contributed by atoms with Crippen LogP contribution in [0.15, 0.2) is 0 Å². The highest BCUT2D eigenvalue weighted by Gasteiger charge is 2.30. The molecule has 2 fully saturated rings. The molecule has 0 atom stereocenters. The molecule has 108 valence electrons. The van der Waals surface area contributed by atoms with E-state index in [1.807, 2.05) is 11.9 Å². The number of hydrogen-bond acceptors (Lipinski definition) is 3. The normalized spacial score (nSPS) is 21.3. The van der Waals surface area contributed by atoms with Crippen LogP contribution in [0.5, 0.6) is 0 Å². The van der Waals surface area contributed by atoms with Crippen LogP contribution in [0.2, 0.25) is 0 Å². The Balaban J connectivity index is 1.65. The molecule has 1 saturated heterocycles. The lowest BCUT2D eigenvalue weighted by atomic mass is 9.92. The summed E-state index contributed by atoms with van der Waals surface area (Å²) in [4.78, 5) is 26.6. The smallest absolute Gasteiger partial charge is 0.303 e. The molecule has 1 amide bonds. The van der Waals surface area contributed by atoms with Crippen molar-refractivity contribution in [2.75, 3.05) is 26.7 Å². The van der Waals surface area contributed by atoms with Gasteiger partial charge < -0.3 is 10.0 Å². The molecule has 1 aliphatic heterocycles. The van der Waals surface area contributed by atoms with E-state index in [-0.39, 0.29) is 12.3 Å². The van der Waals surface area contributed by atoms with Gasteiger partial charge in [-0.25, -0.2) is 0 Å². The van der Waals surface area contributed by atoms with Gasteiger partial charge in [0.25, 0.3) is 0 Å². The quantitative estimate of drug-likeness (QED) is 0.786. The summed E-state index contributed by atoms with van der Waals surface area (Å²) in [5.41, 5.74) is 0. The van der Waals surface area contributed by atoms with Gasteiger partial charge in [0.2, 0.25) is 5.91 Å². The minimum absolute atomic E-state index is 0.228. The Morgan fingerprint density at radius 3 is 2.37 bits per heavy atom. The van der Waals surface area contributed by atoms with Crippen LogP contribution in [0.3, 0.4) is 0 Å². The zero-order valence-corrected chi connectivity index (χ0v) is 11.7. The lowest BCUT2D eigenvalue weighted by molar-refractivity contribution is -0.137. The third-order valence-electron chi connectivity index (χ3n) is 4.32. The second kappa shape index (κ2) is 6.37. The number of likely N-dealkylation sites (N-methyl/N-ethyl adjacent to an activating group) is 1. The Hall–Kier alpha value is -1.10. The summed E-state index contributed by atoms with van der Waals surface area (Å²) < 4.78 is 0. The van der Waals surface area contributed by atoms with Crippen LogP contribution in [0.1, 0.15) is 38.5 Å². The third kappa shape index (κ3) is 4.49. The van der Waals surface area contributed by atoms with E-state index in [0.29, 0.717) is 18.5 Å². The number of carbonyl (C=O) groups is 2. The van der Waals surface area contributed by atoms with Gasteiger partial charge in [-0.15, -0.1) is 0 Å². The number of carboxylic acid groups (broad SMARTS) is 1. The van der Waals surface area contributed by atoms with Gasteiger partial charge in [-0.05, 0) is 51.1 Å². The number of amides is 1. The molecule has 0 aromatic rings. The first-order chi connectivity index (χ1) is 9.06. The molecule has 19 heavy (non-hydrogen) atoms. The summed E-state index contributed by atoms with van der Waals surface area (Å²) in [7, 11) is 1.90. The van der Waals surface area contributed by atoms with Crippen molar-refractivity contribution in [1.29, 1.82) is 0 Å². The predicted octanol–water partition coefficient (Wildman–Crippen LogP) is 1.18. The van der Waals surface area contributed by atoms with Crippen molar-refractivity contribution in [2.45, 2.75) is 44.6 Å². The molecule has 1 saturated carbocycles. The first-order valence-corrected chi connectivity index (χ1v) is 7.26. The fourth-order valence-electron chi connectivity index (χ4n) is 2.73. The van der Waals surface area contributed by atoms with Crippen molar-refractivity contribution in [2.24, 2.45) is 5.92 Å². The SMILES string of the molecule is CN(C(=O)CN1CCC(CCC(=O)O)CC1)C1CC1. The molecule has 1 heterocycles. The molecule has 1 aliphatic carbocycles. The monoisotopic (exact) mass is 268 g/mol. The number of likely N-dealkylation sites (tertiary alicyclic amines) is 1. The standard InChI is InChI=1S/C14H24N2O3/c1-15(12-3-4-12)13(17)10-16-8-6-11(7-9-16)2-5-14(18)19/h11-12H,2-10H2,1H3,(H,18,19). The fourth-order valence-corrected chi connectivity index (χ4v) is 2.73. The number of hydrogen-bond donors (Lipinski definition) is 1. The van der Waals surface area contributed by atoms with Crippen LogP contribution in [0.25, 0.3) is 0 Å². The molecule has 2 aliphatic rings. The Morgan fingerprint density at radius 1 is 1.21 bits per heavy atom. The molecule has 0 aromatic carbocycles. The van der Waals surface area contributed by atoms with Crippen LogP contribution in [-0.4, -0.2) is 59.5 Å². The average molecular weight is 268 g/mol. The van der Waals surface area contributed by atoms with E-state index >= 15 is 0 Å². The average Bonchev–Trinajstić information content (AvgIpc) is 3.21. The second-order valence-corrected chi connectivity index (χ2v) is 5.89. The van der Waals surface area contributed by atoms with Crippen molar-refractivity contribution in [3.05, 3.63) is 0 Å². The van der Waals surface area contributed by atoms with Crippen molar-refractivity contribution < 1.29 is 14.7 Å². The number of nitrogens with zero attached hydrogens (tertiary/aromatic N) is 2. The molecule has 1 N–H and O–H groups in total. The Bertz CT molecular complexity index is 334. The summed E-state index contributed by atoms with van der Waals surface area (Å²) in [6, 6.07) is 0.487. The van der Waals surface area contributed by atoms with E-state index in [4.69, 9.17) is 5.11 Å². The zero-order valence-electron chi connectivity index (χ0n) is 11.7. The van der Waals surface area contributed by atoms with Crippen molar-refractivity contribution >= 4 is 11.9 Å². The molecule has 0 bridgehead atoms. The molecule has 0 radical (unpaired) electrons. The number of aliphatic carboxylic acids is 1. The lowest BCUT2D eigenvalue weighted by Gasteiger charge is -2.32. The van der Waals surface area contributed by atoms with Crippen molar-refractivity contribution in [3.63, 3.8) is 0 Å². The molecule has 2 rings (SSSR count). The van der Waals surface area contributed by atoms with Gasteiger partial charge in [0, 0.05) is 19.5 Å². The number of carboxylic acids is 1. The molecular weight excluding hydrogens is 244 g/mol. The molecule has 0 unspecified atom stereocenters. The summed E-state index contributed by atoms with van der Waals surface area (Å²) >= 11 is 0. The van der Waals surface area contributed by atoms with Crippen LogP contribution in [0.4, 0.5) is 0 Å². The highest BCUT2D eigenvalue weighted by molar-refractivity contribution is 5.78. The van der Waals surface area contributed by atoms with E-state index in [9.17, 15) is 9.59 Å². The van der Waals surface area contributed by atoms with Gasteiger partial charge in [-0.3, -0.25) is 14.5 Å². The number of rotatable bonds is 6. The van der Waals surface area contributed by atoms with Gasteiger partial charge in [0.1, 0.15) is 0 Å². The third-order valence-corrected chi connectivity index (χ3v) is 4.32. The molecule has 5 nitrogen and oxygen atoms in total. The molecule has 0 spiro atoms. The van der Waals surface area contributed by atoms with Crippen LogP contribution in [0, 0.1) is 5.92 Å². The Morgan fingerprint density at radius 2 is 1.84 bits per heavy atom. The van der Waals surface area contributed by atoms with E-state index in [2.05, 4.69) is 4.90 Å². The topological polar surface area (TPSA) is 60.9 Å². The van der Waals surface area contributed by atoms with Gasteiger partial charge >= 0.3 is 5.97 Å². The number of piperidine rings is 1. The van der Waals surface area contributed by atoms with Gasteiger partial charge in [0.05, 0.1) is 6.54 Å². The van der Waals surface area contributed by atoms with Gasteiger partial charge in [0.15, 0.2) is 0 Å².